The van der Waals surface area contributed by atoms with Gasteiger partial charge < -0.3 is 4.42 Å². The third-order valence-electron chi connectivity index (χ3n) is 6.01. The first-order valence-corrected chi connectivity index (χ1v) is 10.9. The van der Waals surface area contributed by atoms with E-state index >= 15 is 0 Å². The van der Waals surface area contributed by atoms with E-state index < -0.39 is 204 Å². The Kier molecular flexibility index (Phi) is 1.76. The van der Waals surface area contributed by atoms with Crippen LogP contribution in [0.3, 0.4) is 0 Å². The second-order valence-corrected chi connectivity index (χ2v) is 8.01. The molecule has 172 valence electrons. The molecule has 0 bridgehead atoms. The van der Waals surface area contributed by atoms with Gasteiger partial charge in [-0.2, -0.15) is 0 Å². The summed E-state index contributed by atoms with van der Waals surface area (Å²) in [5.41, 5.74) is -3.57. The number of rotatable bonds is 2. The maximum atomic E-state index is 9.52. The SMILES string of the molecule is [2H]c1c([2H])c([2H])c2c(oc3c([2H])c([2H])c(-c4c5c([2H])c([2H])c([2H])c([2H])c5c(-c5c([2H])c([2H])c6c([2H])c([2H])c([2H])c([2H])c6c5[2H])c5c([2H])c([2H])c([2H])c([2H])c45)c([2H])c32)c1[2H]. The first-order valence-electron chi connectivity index (χ1n) is 21.9. The van der Waals surface area contributed by atoms with Crippen molar-refractivity contribution >= 4 is 54.3 Å². The Morgan fingerprint density at radius 2 is 0.865 bits per heavy atom. The lowest BCUT2D eigenvalue weighted by Gasteiger charge is -2.18. The molecular weight excluding hydrogens is 448 g/mol. The lowest BCUT2D eigenvalue weighted by molar-refractivity contribution is 0.669. The van der Waals surface area contributed by atoms with E-state index in [1.54, 1.807) is 0 Å². The first-order chi connectivity index (χ1) is 27.5. The van der Waals surface area contributed by atoms with Crippen LogP contribution >= 0.6 is 0 Å². The Balaban J connectivity index is 1.76. The Hall–Kier alpha value is -4.88. The van der Waals surface area contributed by atoms with Crippen LogP contribution in [-0.4, -0.2) is 0 Å². The van der Waals surface area contributed by atoms with E-state index in [-0.39, 0.29) is 5.39 Å². The van der Waals surface area contributed by atoms with Gasteiger partial charge in [0.2, 0.25) is 0 Å². The molecule has 0 aliphatic carbocycles. The molecule has 0 aliphatic heterocycles. The summed E-state index contributed by atoms with van der Waals surface area (Å²) in [6.45, 7) is 0. The molecule has 0 atom stereocenters. The minimum atomic E-state index is -0.910. The molecule has 0 unspecified atom stereocenters. The van der Waals surface area contributed by atoms with E-state index in [2.05, 4.69) is 0 Å². The molecule has 0 spiro atoms. The van der Waals surface area contributed by atoms with E-state index in [4.69, 9.17) is 25.0 Å². The van der Waals surface area contributed by atoms with Crippen molar-refractivity contribution in [1.82, 2.24) is 0 Å². The monoisotopic (exact) mass is 492 g/mol. The Morgan fingerprint density at radius 3 is 1.54 bits per heavy atom. The molecule has 8 rings (SSSR count). The van der Waals surface area contributed by atoms with E-state index in [9.17, 15) is 9.60 Å². The van der Waals surface area contributed by atoms with Crippen LogP contribution in [0.2, 0.25) is 0 Å². The van der Waals surface area contributed by atoms with E-state index in [1.165, 1.54) is 0 Å². The van der Waals surface area contributed by atoms with Gasteiger partial charge in [-0.1, -0.05) is 109 Å². The summed E-state index contributed by atoms with van der Waals surface area (Å²) in [5.74, 6) is 0. The number of furan rings is 1. The number of para-hydroxylation sites is 1. The predicted octanol–water partition coefficient (Wildman–Crippen LogP) is 10.4. The van der Waals surface area contributed by atoms with Gasteiger partial charge in [-0.05, 0) is 78.7 Å². The largest absolute Gasteiger partial charge is 0.456 e. The highest BCUT2D eigenvalue weighted by atomic mass is 16.3. The molecule has 0 amide bonds. The molecule has 0 N–H and O–H groups in total. The van der Waals surface area contributed by atoms with Crippen molar-refractivity contribution in [3.05, 3.63) is 133 Å². The van der Waals surface area contributed by atoms with E-state index in [0.717, 1.165) is 0 Å². The molecule has 0 radical (unpaired) electrons. The maximum Gasteiger partial charge on any atom is 0.135 e. The minimum Gasteiger partial charge on any atom is -0.456 e. The summed E-state index contributed by atoms with van der Waals surface area (Å²) < 4.78 is 200. The minimum absolute atomic E-state index is 0.374. The number of hydrogen-bond acceptors (Lipinski definition) is 1. The van der Waals surface area contributed by atoms with Crippen molar-refractivity contribution in [2.24, 2.45) is 0 Å². The van der Waals surface area contributed by atoms with Crippen LogP contribution in [-0.2, 0) is 0 Å². The zero-order valence-electron chi connectivity index (χ0n) is 40.4. The van der Waals surface area contributed by atoms with Gasteiger partial charge in [0.25, 0.3) is 0 Å². The van der Waals surface area contributed by atoms with Crippen molar-refractivity contribution in [2.75, 3.05) is 0 Å². The molecule has 0 aliphatic rings. The van der Waals surface area contributed by atoms with Crippen molar-refractivity contribution in [2.45, 2.75) is 0 Å². The van der Waals surface area contributed by atoms with Crippen LogP contribution in [0.1, 0.15) is 30.2 Å². The van der Waals surface area contributed by atoms with Gasteiger partial charge in [0.05, 0.1) is 30.2 Å². The average Bonchev–Trinajstić information content (AvgIpc) is 3.62. The van der Waals surface area contributed by atoms with Gasteiger partial charge in [-0.15, -0.1) is 0 Å². The molecule has 0 saturated heterocycles. The second-order valence-electron chi connectivity index (χ2n) is 8.01. The van der Waals surface area contributed by atoms with Crippen LogP contribution in [0, 0.1) is 0 Å². The number of hydrogen-bond donors (Lipinski definition) is 0. The van der Waals surface area contributed by atoms with Gasteiger partial charge in [-0.3, -0.25) is 0 Å². The fourth-order valence-corrected chi connectivity index (χ4v) is 4.46. The highest BCUT2D eigenvalue weighted by Crippen LogP contribution is 2.45. The highest BCUT2D eigenvalue weighted by Gasteiger charge is 2.17. The average molecular weight is 493 g/mol. The summed E-state index contributed by atoms with van der Waals surface area (Å²) >= 11 is 0. The molecule has 8 aromatic rings. The normalized spacial score (nSPS) is 20.1. The first kappa shape index (κ1) is 8.33. The second kappa shape index (κ2) is 7.81. The topological polar surface area (TPSA) is 13.1 Å². The molecule has 1 heteroatoms. The van der Waals surface area contributed by atoms with Crippen molar-refractivity contribution in [1.29, 1.82) is 0 Å². The zero-order chi connectivity index (χ0) is 43.5. The maximum absolute atomic E-state index is 9.52. The molecule has 0 saturated carbocycles. The van der Waals surface area contributed by atoms with Gasteiger partial charge in [0, 0.05) is 10.8 Å². The highest BCUT2D eigenvalue weighted by molar-refractivity contribution is 6.22. The predicted molar refractivity (Wildman–Crippen MR) is 157 cm³/mol. The van der Waals surface area contributed by atoms with Gasteiger partial charge in [0.15, 0.2) is 0 Å². The Labute approximate surface area is 245 Å². The lowest BCUT2D eigenvalue weighted by Crippen LogP contribution is -1.91. The summed E-state index contributed by atoms with van der Waals surface area (Å²) in [5, 5.41) is -4.40. The van der Waals surface area contributed by atoms with Gasteiger partial charge >= 0.3 is 0 Å². The third-order valence-corrected chi connectivity index (χ3v) is 6.01. The smallest absolute Gasteiger partial charge is 0.135 e. The summed E-state index contributed by atoms with van der Waals surface area (Å²) in [6, 6.07) is -18.2. The van der Waals surface area contributed by atoms with E-state index in [0.29, 0.717) is 0 Å². The van der Waals surface area contributed by atoms with Crippen LogP contribution in [0.5, 0.6) is 0 Å². The fourth-order valence-electron chi connectivity index (χ4n) is 4.46. The quantitative estimate of drug-likeness (QED) is 0.219. The van der Waals surface area contributed by atoms with Crippen LogP contribution in [0.15, 0.2) is 137 Å². The van der Waals surface area contributed by atoms with Crippen LogP contribution in [0.25, 0.3) is 76.5 Å². The zero-order valence-corrected chi connectivity index (χ0v) is 18.4. The van der Waals surface area contributed by atoms with Crippen molar-refractivity contribution in [3.8, 4) is 22.3 Å². The Morgan fingerprint density at radius 1 is 0.378 bits per heavy atom. The lowest BCUT2D eigenvalue weighted by atomic mass is 9.85. The summed E-state index contributed by atoms with van der Waals surface area (Å²) in [7, 11) is 0. The molecule has 1 nitrogen and oxygen atoms in total. The molecular formula is C36H22O. The van der Waals surface area contributed by atoms with Crippen molar-refractivity contribution < 1.29 is 34.6 Å². The Bertz CT molecular complexity index is 3270. The summed E-state index contributed by atoms with van der Waals surface area (Å²) in [6.07, 6.45) is 0. The molecule has 37 heavy (non-hydrogen) atoms. The van der Waals surface area contributed by atoms with E-state index in [1.807, 2.05) is 0 Å². The molecule has 0 fully saturated rings. The number of benzene rings is 7. The van der Waals surface area contributed by atoms with Crippen LogP contribution in [0.4, 0.5) is 0 Å². The molecule has 1 aromatic heterocycles. The standard InChI is InChI=1S/C36H22O/c1-2-10-24-21-25(18-17-23(24)9-1)35-28-12-3-5-14-30(28)36(31-15-6-4-13-29(31)35)26-19-20-34-32(22-26)27-11-7-8-16-33(27)37-34/h1-22H/i1D,2D,3D,4D,5D,6D,7D,8D,9D,10D,11D,12D,13D,14D,15D,16D,17D,18D,19D,20D,21D,22D. The van der Waals surface area contributed by atoms with Crippen LogP contribution < -0.4 is 0 Å². The summed E-state index contributed by atoms with van der Waals surface area (Å²) in [4.78, 5) is 0. The third kappa shape index (κ3) is 3.04. The molecule has 1 heterocycles. The van der Waals surface area contributed by atoms with Crippen molar-refractivity contribution in [3.63, 3.8) is 0 Å². The van der Waals surface area contributed by atoms with Gasteiger partial charge in [-0.25, -0.2) is 0 Å². The fraction of sp³-hybridized carbons (Fsp3) is 0. The van der Waals surface area contributed by atoms with Gasteiger partial charge in [0.1, 0.15) is 11.2 Å². The molecule has 7 aromatic carbocycles. The number of fused-ring (bicyclic) bond motifs is 6.